The molecule has 0 fully saturated rings. The number of anilines is 2. The summed E-state index contributed by atoms with van der Waals surface area (Å²) >= 11 is 1.75. The van der Waals surface area contributed by atoms with Crippen molar-refractivity contribution in [1.82, 2.24) is 0 Å². The maximum atomic E-state index is 5.86. The van der Waals surface area contributed by atoms with Gasteiger partial charge in [-0.15, -0.1) is 11.8 Å². The van der Waals surface area contributed by atoms with Gasteiger partial charge in [-0.2, -0.15) is 0 Å². The van der Waals surface area contributed by atoms with E-state index >= 15 is 0 Å². The number of nitrogens with two attached hydrogens (primary N) is 1. The summed E-state index contributed by atoms with van der Waals surface area (Å²) in [6, 6.07) is 16.4. The first-order valence-electron chi connectivity index (χ1n) is 5.51. The highest BCUT2D eigenvalue weighted by Gasteiger charge is 1.97. The second-order valence-electron chi connectivity index (χ2n) is 3.79. The summed E-state index contributed by atoms with van der Waals surface area (Å²) in [4.78, 5) is 1.29. The average molecular weight is 244 g/mol. The van der Waals surface area contributed by atoms with E-state index in [2.05, 4.69) is 35.8 Å². The third-order valence-electron chi connectivity index (χ3n) is 2.60. The zero-order chi connectivity index (χ0) is 12.1. The molecule has 2 rings (SSSR count). The number of rotatable bonds is 4. The molecule has 0 saturated heterocycles. The maximum Gasteiger partial charge on any atom is 0.0576 e. The van der Waals surface area contributed by atoms with Crippen molar-refractivity contribution in [3.05, 3.63) is 54.1 Å². The van der Waals surface area contributed by atoms with E-state index in [-0.39, 0.29) is 0 Å². The van der Waals surface area contributed by atoms with Crippen molar-refractivity contribution >= 4 is 23.1 Å². The fraction of sp³-hybridized carbons (Fsp3) is 0.143. The van der Waals surface area contributed by atoms with E-state index < -0.39 is 0 Å². The van der Waals surface area contributed by atoms with Gasteiger partial charge >= 0.3 is 0 Å². The zero-order valence-corrected chi connectivity index (χ0v) is 10.6. The second kappa shape index (κ2) is 5.64. The molecule has 0 unspecified atom stereocenters. The Morgan fingerprint density at radius 2 is 1.76 bits per heavy atom. The normalized spacial score (nSPS) is 10.2. The van der Waals surface area contributed by atoms with Crippen LogP contribution in [0.5, 0.6) is 0 Å². The van der Waals surface area contributed by atoms with E-state index in [0.717, 1.165) is 17.9 Å². The molecule has 3 heteroatoms. The van der Waals surface area contributed by atoms with Gasteiger partial charge < -0.3 is 11.1 Å². The first-order chi connectivity index (χ1) is 8.29. The molecule has 17 heavy (non-hydrogen) atoms. The molecule has 0 aliphatic carbocycles. The quantitative estimate of drug-likeness (QED) is 0.637. The lowest BCUT2D eigenvalue weighted by Crippen LogP contribution is -2.01. The number of hydrogen-bond acceptors (Lipinski definition) is 3. The number of nitrogen functional groups attached to an aromatic ring is 1. The van der Waals surface area contributed by atoms with Crippen molar-refractivity contribution in [3.63, 3.8) is 0 Å². The summed E-state index contributed by atoms with van der Waals surface area (Å²) in [5.74, 6) is 0. The molecular formula is C14H16N2S. The van der Waals surface area contributed by atoms with E-state index in [1.807, 2.05) is 24.3 Å². The van der Waals surface area contributed by atoms with Crippen molar-refractivity contribution in [3.8, 4) is 0 Å². The highest BCUT2D eigenvalue weighted by Crippen LogP contribution is 2.19. The molecule has 0 aliphatic heterocycles. The molecule has 0 amide bonds. The molecule has 0 atom stereocenters. The topological polar surface area (TPSA) is 38.0 Å². The predicted octanol–water partition coefficient (Wildman–Crippen LogP) is 3.60. The van der Waals surface area contributed by atoms with Gasteiger partial charge in [-0.1, -0.05) is 24.3 Å². The largest absolute Gasteiger partial charge is 0.397 e. The van der Waals surface area contributed by atoms with Crippen LogP contribution in [-0.2, 0) is 6.54 Å². The highest BCUT2D eigenvalue weighted by molar-refractivity contribution is 7.98. The fourth-order valence-electron chi connectivity index (χ4n) is 1.60. The Morgan fingerprint density at radius 3 is 2.41 bits per heavy atom. The molecule has 0 bridgehead atoms. The number of benzene rings is 2. The smallest absolute Gasteiger partial charge is 0.0576 e. The standard InChI is InChI=1S/C14H16N2S/c1-17-12-8-6-11(7-9-12)10-16-14-5-3-2-4-13(14)15/h2-9,16H,10,15H2,1H3. The minimum absolute atomic E-state index is 0.785. The Morgan fingerprint density at radius 1 is 1.06 bits per heavy atom. The third kappa shape index (κ3) is 3.17. The van der Waals surface area contributed by atoms with Crippen molar-refractivity contribution in [2.24, 2.45) is 0 Å². The summed E-state index contributed by atoms with van der Waals surface area (Å²) in [6.45, 7) is 0.795. The number of thioether (sulfide) groups is 1. The van der Waals surface area contributed by atoms with Gasteiger partial charge in [-0.25, -0.2) is 0 Å². The van der Waals surface area contributed by atoms with E-state index in [9.17, 15) is 0 Å². The van der Waals surface area contributed by atoms with E-state index in [1.165, 1.54) is 10.5 Å². The summed E-state index contributed by atoms with van der Waals surface area (Å²) in [6.07, 6.45) is 2.08. The number of nitrogens with one attached hydrogen (secondary N) is 1. The van der Waals surface area contributed by atoms with Crippen molar-refractivity contribution in [1.29, 1.82) is 0 Å². The predicted molar refractivity (Wildman–Crippen MR) is 76.4 cm³/mol. The molecule has 0 heterocycles. The van der Waals surface area contributed by atoms with Crippen LogP contribution in [0.25, 0.3) is 0 Å². The molecule has 0 aromatic heterocycles. The minimum atomic E-state index is 0.785. The number of hydrogen-bond donors (Lipinski definition) is 2. The fourth-order valence-corrected chi connectivity index (χ4v) is 2.01. The molecular weight excluding hydrogens is 228 g/mol. The van der Waals surface area contributed by atoms with Crippen LogP contribution in [0.2, 0.25) is 0 Å². The Labute approximate surface area is 106 Å². The van der Waals surface area contributed by atoms with Gasteiger partial charge in [0.2, 0.25) is 0 Å². The first-order valence-corrected chi connectivity index (χ1v) is 6.73. The van der Waals surface area contributed by atoms with Crippen molar-refractivity contribution in [2.45, 2.75) is 11.4 Å². The third-order valence-corrected chi connectivity index (χ3v) is 3.35. The van der Waals surface area contributed by atoms with Crippen LogP contribution in [0.1, 0.15) is 5.56 Å². The monoisotopic (exact) mass is 244 g/mol. The lowest BCUT2D eigenvalue weighted by atomic mass is 10.2. The minimum Gasteiger partial charge on any atom is -0.397 e. The van der Waals surface area contributed by atoms with Crippen LogP contribution in [0, 0.1) is 0 Å². The van der Waals surface area contributed by atoms with Crippen molar-refractivity contribution in [2.75, 3.05) is 17.3 Å². The molecule has 88 valence electrons. The summed E-state index contributed by atoms with van der Waals surface area (Å²) in [7, 11) is 0. The molecule has 0 saturated carbocycles. The lowest BCUT2D eigenvalue weighted by Gasteiger charge is -2.09. The maximum absolute atomic E-state index is 5.86. The van der Waals surface area contributed by atoms with Crippen LogP contribution in [0.4, 0.5) is 11.4 Å². The Kier molecular flexibility index (Phi) is 3.94. The Hall–Kier alpha value is -1.61. The molecule has 2 aromatic carbocycles. The van der Waals surface area contributed by atoms with Gasteiger partial charge in [-0.3, -0.25) is 0 Å². The van der Waals surface area contributed by atoms with E-state index in [4.69, 9.17) is 5.73 Å². The van der Waals surface area contributed by atoms with Crippen molar-refractivity contribution < 1.29 is 0 Å². The molecule has 0 aliphatic rings. The lowest BCUT2D eigenvalue weighted by molar-refractivity contribution is 1.14. The molecule has 2 aromatic rings. The summed E-state index contributed by atoms with van der Waals surface area (Å²) < 4.78 is 0. The average Bonchev–Trinajstić information content (AvgIpc) is 2.38. The van der Waals surface area contributed by atoms with Crippen LogP contribution >= 0.6 is 11.8 Å². The van der Waals surface area contributed by atoms with Gasteiger partial charge in [0.05, 0.1) is 11.4 Å². The van der Waals surface area contributed by atoms with E-state index in [1.54, 1.807) is 11.8 Å². The molecule has 0 spiro atoms. The molecule has 2 nitrogen and oxygen atoms in total. The van der Waals surface area contributed by atoms with Crippen LogP contribution in [-0.4, -0.2) is 6.26 Å². The highest BCUT2D eigenvalue weighted by atomic mass is 32.2. The Bertz CT molecular complexity index is 480. The SMILES string of the molecule is CSc1ccc(CNc2ccccc2N)cc1. The van der Waals surface area contributed by atoms with Gasteiger partial charge in [0.25, 0.3) is 0 Å². The van der Waals surface area contributed by atoms with Crippen LogP contribution < -0.4 is 11.1 Å². The summed E-state index contributed by atoms with van der Waals surface area (Å²) in [5.41, 5.74) is 8.89. The van der Waals surface area contributed by atoms with Crippen LogP contribution in [0.3, 0.4) is 0 Å². The number of para-hydroxylation sites is 2. The van der Waals surface area contributed by atoms with Gasteiger partial charge in [0.15, 0.2) is 0 Å². The van der Waals surface area contributed by atoms with Gasteiger partial charge in [-0.05, 0) is 36.1 Å². The Balaban J connectivity index is 2.00. The van der Waals surface area contributed by atoms with E-state index in [0.29, 0.717) is 0 Å². The molecule has 3 N–H and O–H groups in total. The second-order valence-corrected chi connectivity index (χ2v) is 4.67. The van der Waals surface area contributed by atoms with Gasteiger partial charge in [0, 0.05) is 11.4 Å². The summed E-state index contributed by atoms with van der Waals surface area (Å²) in [5, 5.41) is 3.33. The first kappa shape index (κ1) is 11.9. The van der Waals surface area contributed by atoms with Gasteiger partial charge in [0.1, 0.15) is 0 Å². The van der Waals surface area contributed by atoms with Crippen LogP contribution in [0.15, 0.2) is 53.4 Å². The zero-order valence-electron chi connectivity index (χ0n) is 9.81. The molecule has 0 radical (unpaired) electrons.